The van der Waals surface area contributed by atoms with Gasteiger partial charge in [-0.05, 0) is 12.1 Å². The average molecular weight is 545 g/mol. The van der Waals surface area contributed by atoms with Gasteiger partial charge in [-0.1, -0.05) is 6.07 Å². The van der Waals surface area contributed by atoms with Crippen molar-refractivity contribution >= 4 is 23.3 Å². The van der Waals surface area contributed by atoms with E-state index >= 15 is 0 Å². The van der Waals surface area contributed by atoms with Gasteiger partial charge in [0.15, 0.2) is 0 Å². The van der Waals surface area contributed by atoms with E-state index in [-0.39, 0.29) is 6.10 Å². The molecule has 0 radical (unpaired) electrons. The molecule has 2 aliphatic rings. The average Bonchev–Trinajstić information content (AvgIpc) is 3.53. The van der Waals surface area contributed by atoms with Crippen LogP contribution >= 0.6 is 11.3 Å². The lowest BCUT2D eigenvalue weighted by Crippen LogP contribution is -2.32. The summed E-state index contributed by atoms with van der Waals surface area (Å²) in [4.78, 5) is 29.0. The van der Waals surface area contributed by atoms with E-state index in [1.54, 1.807) is 11.3 Å². The van der Waals surface area contributed by atoms with Crippen LogP contribution in [-0.2, 0) is 32.2 Å². The standard InChI is InChI=1S/C16H19N3O2S.2C2HF3O2/c1-2-4-17-12(3-1)9-21-15-7-19(8-16-18-5-6-22-16)14-11-20-10-13(14)15;2*3-2(4,5)1(6)7/h1-6,13-15H,7-11H2;2*(H,6,7)/t13-,14+,15+;;/m0../s1. The lowest BCUT2D eigenvalue weighted by atomic mass is 10.0. The van der Waals surface area contributed by atoms with E-state index in [1.807, 2.05) is 36.0 Å². The highest BCUT2D eigenvalue weighted by molar-refractivity contribution is 7.09. The molecule has 2 aromatic rings. The molecule has 2 fully saturated rings. The van der Waals surface area contributed by atoms with Gasteiger partial charge in [0.05, 0.1) is 38.2 Å². The molecule has 9 nitrogen and oxygen atoms in total. The molecule has 0 amide bonds. The van der Waals surface area contributed by atoms with Crippen LogP contribution in [-0.4, -0.2) is 81.3 Å². The molecule has 0 unspecified atom stereocenters. The summed E-state index contributed by atoms with van der Waals surface area (Å²) in [6, 6.07) is 6.38. The number of carboxylic acids is 2. The van der Waals surface area contributed by atoms with Gasteiger partial charge in [-0.2, -0.15) is 26.3 Å². The summed E-state index contributed by atoms with van der Waals surface area (Å²) in [5.41, 5.74) is 0.983. The second-order valence-corrected chi connectivity index (χ2v) is 8.38. The number of rotatable bonds is 5. The molecule has 0 bridgehead atoms. The minimum absolute atomic E-state index is 0.217. The number of likely N-dealkylation sites (tertiary alicyclic amines) is 1. The van der Waals surface area contributed by atoms with Gasteiger partial charge in [0.1, 0.15) is 5.01 Å². The fourth-order valence-electron chi connectivity index (χ4n) is 3.33. The first kappa shape index (κ1) is 29.4. The van der Waals surface area contributed by atoms with Crippen molar-refractivity contribution in [3.05, 3.63) is 46.7 Å². The third kappa shape index (κ3) is 9.33. The number of thiazole rings is 1. The van der Waals surface area contributed by atoms with E-state index in [4.69, 9.17) is 29.3 Å². The van der Waals surface area contributed by atoms with Gasteiger partial charge in [-0.25, -0.2) is 14.6 Å². The molecule has 2 saturated heterocycles. The Morgan fingerprint density at radius 3 is 2.19 bits per heavy atom. The summed E-state index contributed by atoms with van der Waals surface area (Å²) >= 11 is 1.71. The normalized spacial score (nSPS) is 21.6. The molecular formula is C20H21F6N3O6S. The predicted octanol–water partition coefficient (Wildman–Crippen LogP) is 3.22. The smallest absolute Gasteiger partial charge is 0.475 e. The summed E-state index contributed by atoms with van der Waals surface area (Å²) < 4.78 is 75.3. The van der Waals surface area contributed by atoms with Gasteiger partial charge < -0.3 is 19.7 Å². The van der Waals surface area contributed by atoms with Crippen LogP contribution < -0.4 is 0 Å². The number of alkyl halides is 6. The number of carboxylic acid groups (broad SMARTS) is 2. The van der Waals surface area contributed by atoms with Crippen molar-refractivity contribution in [2.24, 2.45) is 5.92 Å². The Kier molecular flexibility index (Phi) is 10.6. The third-order valence-electron chi connectivity index (χ3n) is 4.93. The largest absolute Gasteiger partial charge is 0.490 e. The Hall–Kier alpha value is -2.82. The maximum Gasteiger partial charge on any atom is 0.490 e. The number of hydrogen-bond acceptors (Lipinski definition) is 8. The van der Waals surface area contributed by atoms with Crippen LogP contribution in [0.1, 0.15) is 10.7 Å². The van der Waals surface area contributed by atoms with Crippen LogP contribution in [0.2, 0.25) is 0 Å². The highest BCUT2D eigenvalue weighted by atomic mass is 32.1. The first-order valence-electron chi connectivity index (χ1n) is 10.1. The van der Waals surface area contributed by atoms with Crippen molar-refractivity contribution in [1.29, 1.82) is 0 Å². The van der Waals surface area contributed by atoms with Crippen LogP contribution in [0.25, 0.3) is 0 Å². The van der Waals surface area contributed by atoms with Gasteiger partial charge in [-0.3, -0.25) is 9.88 Å². The first-order valence-corrected chi connectivity index (χ1v) is 11.0. The highest BCUT2D eigenvalue weighted by Gasteiger charge is 2.46. The van der Waals surface area contributed by atoms with Crippen LogP contribution in [0.4, 0.5) is 26.3 Å². The highest BCUT2D eigenvalue weighted by Crippen LogP contribution is 2.33. The van der Waals surface area contributed by atoms with Crippen LogP contribution in [0.5, 0.6) is 0 Å². The maximum atomic E-state index is 10.6. The Morgan fingerprint density at radius 1 is 1.06 bits per heavy atom. The number of fused-ring (bicyclic) bond motifs is 1. The number of pyridine rings is 1. The van der Waals surface area contributed by atoms with E-state index in [2.05, 4.69) is 14.9 Å². The summed E-state index contributed by atoms with van der Waals surface area (Å²) in [6.45, 7) is 4.02. The molecule has 3 atom stereocenters. The molecule has 16 heteroatoms. The number of nitrogens with zero attached hydrogens (tertiary/aromatic N) is 3. The zero-order valence-corrected chi connectivity index (χ0v) is 19.1. The monoisotopic (exact) mass is 545 g/mol. The summed E-state index contributed by atoms with van der Waals surface area (Å²) in [5, 5.41) is 17.4. The van der Waals surface area contributed by atoms with Crippen LogP contribution in [0.15, 0.2) is 36.0 Å². The first-order chi connectivity index (χ1) is 16.8. The zero-order chi connectivity index (χ0) is 26.9. The second kappa shape index (κ2) is 12.9. The van der Waals surface area contributed by atoms with Crippen LogP contribution in [0.3, 0.4) is 0 Å². The fraction of sp³-hybridized carbons (Fsp3) is 0.500. The molecule has 36 heavy (non-hydrogen) atoms. The van der Waals surface area contributed by atoms with Crippen molar-refractivity contribution < 1.29 is 55.6 Å². The van der Waals surface area contributed by atoms with E-state index in [0.717, 1.165) is 37.0 Å². The van der Waals surface area contributed by atoms with Crippen LogP contribution in [0, 0.1) is 5.92 Å². The summed E-state index contributed by atoms with van der Waals surface area (Å²) in [7, 11) is 0. The molecule has 4 rings (SSSR count). The summed E-state index contributed by atoms with van der Waals surface area (Å²) in [6.07, 6.45) is -6.27. The molecule has 2 aliphatic heterocycles. The topological polar surface area (TPSA) is 122 Å². The molecule has 0 saturated carbocycles. The fourth-order valence-corrected chi connectivity index (χ4v) is 3.97. The Balaban J connectivity index is 0.000000271. The third-order valence-corrected chi connectivity index (χ3v) is 5.70. The number of aliphatic carboxylic acids is 2. The van der Waals surface area contributed by atoms with E-state index in [9.17, 15) is 26.3 Å². The molecule has 0 spiro atoms. The van der Waals surface area contributed by atoms with E-state index < -0.39 is 24.3 Å². The van der Waals surface area contributed by atoms with Gasteiger partial charge in [-0.15, -0.1) is 11.3 Å². The Labute approximate surface area is 204 Å². The molecule has 2 N–H and O–H groups in total. The number of hydrogen-bond donors (Lipinski definition) is 2. The Morgan fingerprint density at radius 2 is 1.69 bits per heavy atom. The molecule has 4 heterocycles. The second-order valence-electron chi connectivity index (χ2n) is 7.40. The van der Waals surface area contributed by atoms with Crippen molar-refractivity contribution in [3.63, 3.8) is 0 Å². The molecular weight excluding hydrogens is 524 g/mol. The van der Waals surface area contributed by atoms with E-state index in [0.29, 0.717) is 18.6 Å². The molecule has 200 valence electrons. The zero-order valence-electron chi connectivity index (χ0n) is 18.3. The summed E-state index contributed by atoms with van der Waals surface area (Å²) in [5.74, 6) is -5.05. The quantitative estimate of drug-likeness (QED) is 0.546. The number of carbonyl (C=O) groups is 2. The number of ether oxygens (including phenoxy) is 2. The predicted molar refractivity (Wildman–Crippen MR) is 111 cm³/mol. The van der Waals surface area contributed by atoms with Gasteiger partial charge >= 0.3 is 24.3 Å². The lowest BCUT2D eigenvalue weighted by Gasteiger charge is -2.20. The van der Waals surface area contributed by atoms with Crippen molar-refractivity contribution in [1.82, 2.24) is 14.9 Å². The molecule has 0 aromatic carbocycles. The van der Waals surface area contributed by atoms with Crippen molar-refractivity contribution in [2.45, 2.75) is 37.7 Å². The molecule has 2 aromatic heterocycles. The lowest BCUT2D eigenvalue weighted by molar-refractivity contribution is -0.193. The maximum absolute atomic E-state index is 10.6. The van der Waals surface area contributed by atoms with Gasteiger partial charge in [0.2, 0.25) is 0 Å². The number of aromatic nitrogens is 2. The van der Waals surface area contributed by atoms with Crippen molar-refractivity contribution in [3.8, 4) is 0 Å². The van der Waals surface area contributed by atoms with Gasteiger partial charge in [0, 0.05) is 36.3 Å². The van der Waals surface area contributed by atoms with Gasteiger partial charge in [0.25, 0.3) is 0 Å². The minimum Gasteiger partial charge on any atom is -0.475 e. The van der Waals surface area contributed by atoms with Crippen molar-refractivity contribution in [2.75, 3.05) is 19.8 Å². The minimum atomic E-state index is -5.08. The molecule has 0 aliphatic carbocycles. The Bertz CT molecular complexity index is 937. The van der Waals surface area contributed by atoms with E-state index in [1.165, 1.54) is 0 Å². The number of halogens is 6. The SMILES string of the molecule is O=C(O)C(F)(F)F.O=C(O)C(F)(F)F.c1ccc(CO[C@@H]2CN(Cc3nccs3)[C@@H]3COC[C@@H]32)nc1.